The van der Waals surface area contributed by atoms with E-state index >= 15 is 0 Å². The highest BCUT2D eigenvalue weighted by atomic mass is 79.9. The summed E-state index contributed by atoms with van der Waals surface area (Å²) < 4.78 is 6.31. The third kappa shape index (κ3) is 3.54. The van der Waals surface area contributed by atoms with E-state index in [1.165, 1.54) is 0 Å². The molecule has 1 aliphatic rings. The molecule has 3 nitrogen and oxygen atoms in total. The molecule has 2 rings (SSSR count). The van der Waals surface area contributed by atoms with Gasteiger partial charge in [0.1, 0.15) is 12.6 Å². The second kappa shape index (κ2) is 5.65. The van der Waals surface area contributed by atoms with E-state index in [1.54, 1.807) is 0 Å². The van der Waals surface area contributed by atoms with Gasteiger partial charge in [-0.1, -0.05) is 35.0 Å². The Morgan fingerprint density at radius 1 is 1.47 bits per heavy atom. The van der Waals surface area contributed by atoms with E-state index < -0.39 is 0 Å². The normalized spacial score (nSPS) is 23.6. The van der Waals surface area contributed by atoms with Crippen molar-refractivity contribution >= 4 is 21.9 Å². The summed E-state index contributed by atoms with van der Waals surface area (Å²) in [5.41, 5.74) is 1.01. The van der Waals surface area contributed by atoms with E-state index in [0.29, 0.717) is 12.5 Å². The van der Waals surface area contributed by atoms with Gasteiger partial charge in [-0.05, 0) is 36.6 Å². The maximum absolute atomic E-state index is 11.7. The summed E-state index contributed by atoms with van der Waals surface area (Å²) >= 11 is 3.37. The van der Waals surface area contributed by atoms with Crippen molar-refractivity contribution in [3.63, 3.8) is 0 Å². The lowest BCUT2D eigenvalue weighted by molar-refractivity contribution is -0.147. The number of carbonyl (C=O) groups excluding carboxylic acids is 1. The smallest absolute Gasteiger partial charge is 0.323 e. The number of benzene rings is 1. The fourth-order valence-electron chi connectivity index (χ4n) is 1.93. The molecule has 92 valence electrons. The van der Waals surface area contributed by atoms with Gasteiger partial charge in [0, 0.05) is 4.47 Å². The number of carbonyl (C=O) groups is 1. The number of esters is 1. The third-order valence-corrected chi connectivity index (χ3v) is 3.46. The first kappa shape index (κ1) is 12.6. The predicted molar refractivity (Wildman–Crippen MR) is 69.5 cm³/mol. The molecule has 0 aliphatic carbocycles. The summed E-state index contributed by atoms with van der Waals surface area (Å²) in [7, 11) is 0. The molecule has 4 heteroatoms. The SMILES string of the molecule is C[C@@H]1CN[C@H](C(=O)OCc2ccc(Br)cc2)C1. The topological polar surface area (TPSA) is 38.3 Å². The Morgan fingerprint density at radius 3 is 2.76 bits per heavy atom. The maximum atomic E-state index is 11.7. The lowest BCUT2D eigenvalue weighted by Gasteiger charge is -2.10. The maximum Gasteiger partial charge on any atom is 0.323 e. The molecule has 0 aromatic heterocycles. The minimum absolute atomic E-state index is 0.125. The molecule has 0 saturated carbocycles. The van der Waals surface area contributed by atoms with Crippen molar-refractivity contribution in [2.45, 2.75) is 26.0 Å². The Bertz CT molecular complexity index is 391. The predicted octanol–water partition coefficient (Wildman–Crippen LogP) is 2.49. The van der Waals surface area contributed by atoms with Gasteiger partial charge in [-0.3, -0.25) is 4.79 Å². The third-order valence-electron chi connectivity index (χ3n) is 2.93. The van der Waals surface area contributed by atoms with E-state index in [9.17, 15) is 4.79 Å². The summed E-state index contributed by atoms with van der Waals surface area (Å²) in [5.74, 6) is 0.414. The molecule has 1 aliphatic heterocycles. The minimum atomic E-state index is -0.141. The highest BCUT2D eigenvalue weighted by molar-refractivity contribution is 9.10. The van der Waals surface area contributed by atoms with Crippen LogP contribution in [0.5, 0.6) is 0 Å². The molecule has 1 heterocycles. The zero-order valence-electron chi connectivity index (χ0n) is 9.78. The Balaban J connectivity index is 1.82. The summed E-state index contributed by atoms with van der Waals surface area (Å²) in [6.07, 6.45) is 0.874. The minimum Gasteiger partial charge on any atom is -0.460 e. The van der Waals surface area contributed by atoms with Crippen molar-refractivity contribution in [2.75, 3.05) is 6.54 Å². The summed E-state index contributed by atoms with van der Waals surface area (Å²) in [6, 6.07) is 7.66. The highest BCUT2D eigenvalue weighted by Crippen LogP contribution is 2.15. The molecule has 17 heavy (non-hydrogen) atoms. The fraction of sp³-hybridized carbons (Fsp3) is 0.462. The van der Waals surface area contributed by atoms with Crippen molar-refractivity contribution in [1.29, 1.82) is 0 Å². The number of hydrogen-bond acceptors (Lipinski definition) is 3. The molecule has 1 saturated heterocycles. The van der Waals surface area contributed by atoms with Gasteiger partial charge in [0.05, 0.1) is 0 Å². The van der Waals surface area contributed by atoms with Crippen LogP contribution in [0.3, 0.4) is 0 Å². The second-order valence-electron chi connectivity index (χ2n) is 4.54. The number of nitrogens with one attached hydrogen (secondary N) is 1. The van der Waals surface area contributed by atoms with E-state index in [2.05, 4.69) is 28.2 Å². The lowest BCUT2D eigenvalue weighted by atomic mass is 10.1. The number of ether oxygens (including phenoxy) is 1. The largest absolute Gasteiger partial charge is 0.460 e. The molecule has 0 spiro atoms. The van der Waals surface area contributed by atoms with Crippen molar-refractivity contribution in [3.05, 3.63) is 34.3 Å². The molecule has 1 N–H and O–H groups in total. The van der Waals surface area contributed by atoms with E-state index in [1.807, 2.05) is 24.3 Å². The zero-order chi connectivity index (χ0) is 12.3. The lowest BCUT2D eigenvalue weighted by Crippen LogP contribution is -2.32. The van der Waals surface area contributed by atoms with Crippen LogP contribution >= 0.6 is 15.9 Å². The number of rotatable bonds is 3. The fourth-order valence-corrected chi connectivity index (χ4v) is 2.19. The van der Waals surface area contributed by atoms with Crippen LogP contribution in [0.25, 0.3) is 0 Å². The monoisotopic (exact) mass is 297 g/mol. The van der Waals surface area contributed by atoms with Crippen molar-refractivity contribution in [1.82, 2.24) is 5.32 Å². The molecule has 0 amide bonds. The standard InChI is InChI=1S/C13H16BrNO2/c1-9-6-12(15-7-9)13(16)17-8-10-2-4-11(14)5-3-10/h2-5,9,12,15H,6-8H2,1H3/t9-,12-/m0/s1. The van der Waals surface area contributed by atoms with Crippen LogP contribution in [0, 0.1) is 5.92 Å². The van der Waals surface area contributed by atoms with Crippen LogP contribution in [0.2, 0.25) is 0 Å². The molecule has 1 aromatic rings. The molecule has 0 radical (unpaired) electrons. The first-order valence-corrected chi connectivity index (χ1v) is 6.59. The van der Waals surface area contributed by atoms with Crippen molar-refractivity contribution in [3.8, 4) is 0 Å². The van der Waals surface area contributed by atoms with Gasteiger partial charge in [-0.2, -0.15) is 0 Å². The Morgan fingerprint density at radius 2 is 2.18 bits per heavy atom. The first-order chi connectivity index (χ1) is 8.15. The average molecular weight is 298 g/mol. The summed E-state index contributed by atoms with van der Waals surface area (Å²) in [4.78, 5) is 11.7. The van der Waals surface area contributed by atoms with Gasteiger partial charge in [0.25, 0.3) is 0 Å². The summed E-state index contributed by atoms with van der Waals surface area (Å²) in [5, 5.41) is 3.17. The van der Waals surface area contributed by atoms with Gasteiger partial charge >= 0.3 is 5.97 Å². The van der Waals surface area contributed by atoms with Gasteiger partial charge in [-0.15, -0.1) is 0 Å². The number of halogens is 1. The molecule has 1 aromatic carbocycles. The van der Waals surface area contributed by atoms with E-state index in [-0.39, 0.29) is 12.0 Å². The van der Waals surface area contributed by atoms with Crippen LogP contribution in [0.15, 0.2) is 28.7 Å². The highest BCUT2D eigenvalue weighted by Gasteiger charge is 2.27. The van der Waals surface area contributed by atoms with Gasteiger partial charge in [-0.25, -0.2) is 0 Å². The first-order valence-electron chi connectivity index (χ1n) is 5.79. The summed E-state index contributed by atoms with van der Waals surface area (Å²) in [6.45, 7) is 3.38. The van der Waals surface area contributed by atoms with E-state index in [4.69, 9.17) is 4.74 Å². The Kier molecular flexibility index (Phi) is 4.18. The molecular weight excluding hydrogens is 282 g/mol. The Hall–Kier alpha value is -0.870. The second-order valence-corrected chi connectivity index (χ2v) is 5.45. The Labute approximate surface area is 110 Å². The van der Waals surface area contributed by atoms with Crippen LogP contribution in [0.4, 0.5) is 0 Å². The van der Waals surface area contributed by atoms with Crippen LogP contribution in [0.1, 0.15) is 18.9 Å². The van der Waals surface area contributed by atoms with Gasteiger partial charge in [0.2, 0.25) is 0 Å². The molecular formula is C13H16BrNO2. The quantitative estimate of drug-likeness (QED) is 0.871. The van der Waals surface area contributed by atoms with Crippen molar-refractivity contribution < 1.29 is 9.53 Å². The van der Waals surface area contributed by atoms with E-state index in [0.717, 1.165) is 23.0 Å². The number of hydrogen-bond donors (Lipinski definition) is 1. The average Bonchev–Trinajstić information content (AvgIpc) is 2.75. The molecule has 1 fully saturated rings. The van der Waals surface area contributed by atoms with Crippen LogP contribution in [-0.4, -0.2) is 18.6 Å². The van der Waals surface area contributed by atoms with Crippen molar-refractivity contribution in [2.24, 2.45) is 5.92 Å². The van der Waals surface area contributed by atoms with Gasteiger partial charge in [0.15, 0.2) is 0 Å². The zero-order valence-corrected chi connectivity index (χ0v) is 11.4. The van der Waals surface area contributed by atoms with Gasteiger partial charge < -0.3 is 10.1 Å². The molecule has 2 atom stereocenters. The van der Waals surface area contributed by atoms with Crippen LogP contribution in [-0.2, 0) is 16.1 Å². The molecule has 0 bridgehead atoms. The van der Waals surface area contributed by atoms with Crippen LogP contribution < -0.4 is 5.32 Å². The molecule has 0 unspecified atom stereocenters.